The van der Waals surface area contributed by atoms with Crippen LogP contribution in [0, 0.1) is 23.2 Å². The number of alkyl halides is 8. The molecule has 3 nitrogen and oxygen atoms in total. The molecule has 11 heteroatoms. The summed E-state index contributed by atoms with van der Waals surface area (Å²) in [7, 11) is 0. The Hall–Kier alpha value is -3.13. The molecule has 1 aliphatic rings. The van der Waals surface area contributed by atoms with Crippen molar-refractivity contribution in [2.24, 2.45) is 11.3 Å². The molecule has 2 aromatic rings. The predicted octanol–water partition coefficient (Wildman–Crippen LogP) is 8.05. The summed E-state index contributed by atoms with van der Waals surface area (Å²) in [6, 6.07) is 5.77. The van der Waals surface area contributed by atoms with E-state index in [-0.39, 0.29) is 17.7 Å². The van der Waals surface area contributed by atoms with Gasteiger partial charge in [-0.3, -0.25) is 9.69 Å². The van der Waals surface area contributed by atoms with Crippen molar-refractivity contribution in [1.29, 1.82) is 0 Å². The van der Waals surface area contributed by atoms with E-state index in [2.05, 4.69) is 11.8 Å². The zero-order valence-electron chi connectivity index (χ0n) is 22.0. The van der Waals surface area contributed by atoms with Gasteiger partial charge in [0.25, 0.3) is 5.92 Å². The zero-order chi connectivity index (χ0) is 30.1. The van der Waals surface area contributed by atoms with Gasteiger partial charge in [-0.2, -0.15) is 26.3 Å². The first-order valence-electron chi connectivity index (χ1n) is 12.5. The van der Waals surface area contributed by atoms with Crippen LogP contribution in [-0.2, 0) is 17.1 Å². The van der Waals surface area contributed by atoms with Gasteiger partial charge in [-0.15, -0.1) is 0 Å². The lowest BCUT2D eigenvalue weighted by atomic mass is 9.77. The van der Waals surface area contributed by atoms with Crippen LogP contribution in [-0.4, -0.2) is 34.5 Å². The Labute approximate surface area is 227 Å². The lowest BCUT2D eigenvalue weighted by Gasteiger charge is -2.48. The maximum Gasteiger partial charge on any atom is 0.416 e. The van der Waals surface area contributed by atoms with Gasteiger partial charge >= 0.3 is 18.3 Å². The molecule has 0 unspecified atom stereocenters. The van der Waals surface area contributed by atoms with E-state index < -0.39 is 71.6 Å². The third-order valence-corrected chi connectivity index (χ3v) is 6.76. The summed E-state index contributed by atoms with van der Waals surface area (Å²) in [6.07, 6.45) is -10.5. The Morgan fingerprint density at radius 2 is 1.45 bits per heavy atom. The molecule has 1 fully saturated rings. The maximum absolute atomic E-state index is 15.2. The Morgan fingerprint density at radius 1 is 0.950 bits per heavy atom. The molecule has 2 aromatic carbocycles. The van der Waals surface area contributed by atoms with Gasteiger partial charge < -0.3 is 5.11 Å². The largest absolute Gasteiger partial charge is 0.481 e. The van der Waals surface area contributed by atoms with Crippen LogP contribution < -0.4 is 0 Å². The highest BCUT2D eigenvalue weighted by Gasteiger charge is 2.52. The first kappa shape index (κ1) is 31.4. The number of carboxylic acids is 1. The summed E-state index contributed by atoms with van der Waals surface area (Å²) >= 11 is 0. The number of rotatable bonds is 5. The Morgan fingerprint density at radius 3 is 1.90 bits per heavy atom. The van der Waals surface area contributed by atoms with Crippen LogP contribution in [0.3, 0.4) is 0 Å². The Balaban J connectivity index is 2.10. The predicted molar refractivity (Wildman–Crippen MR) is 132 cm³/mol. The second-order valence-electron chi connectivity index (χ2n) is 11.1. The maximum atomic E-state index is 15.2. The van der Waals surface area contributed by atoms with E-state index in [1.807, 2.05) is 20.8 Å². The molecule has 1 N–H and O–H groups in total. The summed E-state index contributed by atoms with van der Waals surface area (Å²) < 4.78 is 109. The standard InChI is InChI=1S/C29H29F8NO2/c1-26(2,3)17-22(13-6-18-4-9-20(10-5-18)28(32,33)34)38-15-14-27(30,31)23(16-24(39)40)25(38)19-7-11-21(12-8-19)29(35,36)37/h4-5,7-12,22-23,25H,14-17H2,1-3H3,(H,39,40)/t22-,23-,25-/m1/s1. The highest BCUT2D eigenvalue weighted by atomic mass is 19.4. The van der Waals surface area contributed by atoms with Gasteiger partial charge in [-0.05, 0) is 53.8 Å². The molecule has 0 aliphatic carbocycles. The fraction of sp³-hybridized carbons (Fsp3) is 0.483. The number of halogens is 8. The molecule has 0 aromatic heterocycles. The topological polar surface area (TPSA) is 40.5 Å². The van der Waals surface area contributed by atoms with Gasteiger partial charge in [0.1, 0.15) is 0 Å². The second kappa shape index (κ2) is 11.4. The number of hydrogen-bond acceptors (Lipinski definition) is 2. The Bertz CT molecular complexity index is 1230. The molecule has 0 saturated carbocycles. The zero-order valence-corrected chi connectivity index (χ0v) is 22.0. The van der Waals surface area contributed by atoms with Crippen molar-refractivity contribution in [3.05, 3.63) is 70.8 Å². The molecule has 3 rings (SSSR count). The first-order valence-corrected chi connectivity index (χ1v) is 12.5. The highest BCUT2D eigenvalue weighted by molar-refractivity contribution is 5.67. The lowest BCUT2D eigenvalue weighted by molar-refractivity contribution is -0.161. The van der Waals surface area contributed by atoms with Crippen LogP contribution in [0.5, 0.6) is 0 Å². The quantitative estimate of drug-likeness (QED) is 0.290. The number of likely N-dealkylation sites (tertiary alicyclic amines) is 1. The molecule has 218 valence electrons. The third-order valence-electron chi connectivity index (χ3n) is 6.76. The summed E-state index contributed by atoms with van der Waals surface area (Å²) in [5.41, 5.74) is -1.90. The van der Waals surface area contributed by atoms with Crippen molar-refractivity contribution in [2.75, 3.05) is 6.54 Å². The molecule has 0 radical (unpaired) electrons. The van der Waals surface area contributed by atoms with E-state index in [0.29, 0.717) is 6.42 Å². The minimum atomic E-state index is -4.66. The van der Waals surface area contributed by atoms with Crippen LogP contribution in [0.1, 0.15) is 68.3 Å². The summed E-state index contributed by atoms with van der Waals surface area (Å²) in [5.74, 6) is -0.871. The third kappa shape index (κ3) is 7.96. The van der Waals surface area contributed by atoms with Crippen LogP contribution in [0.2, 0.25) is 0 Å². The van der Waals surface area contributed by atoms with E-state index in [4.69, 9.17) is 0 Å². The molecule has 1 heterocycles. The summed E-state index contributed by atoms with van der Waals surface area (Å²) in [5, 5.41) is 9.45. The number of aliphatic carboxylic acids is 1. The SMILES string of the molecule is CC(C)(C)C[C@@H](C#Cc1ccc(C(F)(F)F)cc1)N1CCC(F)(F)[C@H](CC(=O)O)[C@H]1c1ccc(C(F)(F)F)cc1. The second-order valence-corrected chi connectivity index (χ2v) is 11.1. The average molecular weight is 576 g/mol. The van der Waals surface area contributed by atoms with Gasteiger partial charge in [0.15, 0.2) is 0 Å². The number of nitrogens with zero attached hydrogens (tertiary/aromatic N) is 1. The molecule has 0 bridgehead atoms. The average Bonchev–Trinajstić information content (AvgIpc) is 2.81. The lowest BCUT2D eigenvalue weighted by Crippen LogP contribution is -2.53. The molecular formula is C29H29F8NO2. The van der Waals surface area contributed by atoms with Crippen LogP contribution in [0.4, 0.5) is 35.1 Å². The molecule has 1 aliphatic heterocycles. The minimum absolute atomic E-state index is 0.0915. The number of piperidine rings is 1. The summed E-state index contributed by atoms with van der Waals surface area (Å²) in [4.78, 5) is 13.2. The van der Waals surface area contributed by atoms with Gasteiger partial charge in [0, 0.05) is 24.6 Å². The van der Waals surface area contributed by atoms with Gasteiger partial charge in [-0.25, -0.2) is 8.78 Å². The van der Waals surface area contributed by atoms with Crippen molar-refractivity contribution in [1.82, 2.24) is 4.90 Å². The van der Waals surface area contributed by atoms with Crippen molar-refractivity contribution >= 4 is 5.97 Å². The van der Waals surface area contributed by atoms with E-state index in [1.165, 1.54) is 12.1 Å². The summed E-state index contributed by atoms with van der Waals surface area (Å²) in [6.45, 7) is 5.40. The highest BCUT2D eigenvalue weighted by Crippen LogP contribution is 2.48. The molecule has 0 amide bonds. The molecule has 0 spiro atoms. The van der Waals surface area contributed by atoms with Crippen molar-refractivity contribution < 1.29 is 45.0 Å². The van der Waals surface area contributed by atoms with E-state index in [9.17, 15) is 36.2 Å². The van der Waals surface area contributed by atoms with Crippen molar-refractivity contribution in [2.45, 2.75) is 70.4 Å². The molecule has 3 atom stereocenters. The van der Waals surface area contributed by atoms with E-state index in [0.717, 1.165) is 36.4 Å². The molecule has 1 saturated heterocycles. The van der Waals surface area contributed by atoms with Gasteiger partial charge in [-0.1, -0.05) is 44.7 Å². The van der Waals surface area contributed by atoms with Crippen molar-refractivity contribution in [3.8, 4) is 11.8 Å². The number of carboxylic acid groups (broad SMARTS) is 1. The normalized spacial score (nSPS) is 20.9. The fourth-order valence-corrected chi connectivity index (χ4v) is 4.90. The van der Waals surface area contributed by atoms with E-state index >= 15 is 8.78 Å². The van der Waals surface area contributed by atoms with Crippen LogP contribution in [0.25, 0.3) is 0 Å². The first-order chi connectivity index (χ1) is 18.3. The number of carbonyl (C=O) groups is 1. The molecule has 40 heavy (non-hydrogen) atoms. The minimum Gasteiger partial charge on any atom is -0.481 e. The molecular weight excluding hydrogens is 546 g/mol. The smallest absolute Gasteiger partial charge is 0.416 e. The van der Waals surface area contributed by atoms with E-state index in [1.54, 1.807) is 4.90 Å². The van der Waals surface area contributed by atoms with Gasteiger partial charge in [0.2, 0.25) is 0 Å². The van der Waals surface area contributed by atoms with Crippen LogP contribution >= 0.6 is 0 Å². The Kier molecular flexibility index (Phi) is 8.94. The monoisotopic (exact) mass is 575 g/mol. The van der Waals surface area contributed by atoms with Crippen molar-refractivity contribution in [3.63, 3.8) is 0 Å². The van der Waals surface area contributed by atoms with Gasteiger partial charge in [0.05, 0.1) is 29.5 Å². The van der Waals surface area contributed by atoms with Crippen LogP contribution in [0.15, 0.2) is 48.5 Å². The number of hydrogen-bond donors (Lipinski definition) is 1. The fourth-order valence-electron chi connectivity index (χ4n) is 4.90. The number of benzene rings is 2.